The summed E-state index contributed by atoms with van der Waals surface area (Å²) in [7, 11) is -4.04. The monoisotopic (exact) mass is 434 g/mol. The van der Waals surface area contributed by atoms with Crippen LogP contribution in [0.15, 0.2) is 90.0 Å². The zero-order valence-electron chi connectivity index (χ0n) is 16.2. The number of nitrogens with one attached hydrogen (secondary N) is 1. The third-order valence-electron chi connectivity index (χ3n) is 4.88. The molecule has 3 aromatic carbocycles. The van der Waals surface area contributed by atoms with Crippen LogP contribution >= 0.6 is 0 Å². The number of carbonyl (C=O) groups is 2. The fraction of sp³-hybridized carbons (Fsp3) is 0.0435. The topological polar surface area (TPSA) is 105 Å². The summed E-state index contributed by atoms with van der Waals surface area (Å²) in [4.78, 5) is 23.9. The maximum Gasteiger partial charge on any atom is 0.336 e. The molecule has 1 amide bonds. The molecular weight excluding hydrogens is 416 g/mol. The summed E-state index contributed by atoms with van der Waals surface area (Å²) in [6.07, 6.45) is 1.31. The highest BCUT2D eigenvalue weighted by Gasteiger charge is 2.22. The first-order valence-corrected chi connectivity index (χ1v) is 10.8. The lowest BCUT2D eigenvalue weighted by Gasteiger charge is -2.10. The summed E-state index contributed by atoms with van der Waals surface area (Å²) in [5.74, 6) is -1.54. The minimum Gasteiger partial charge on any atom is -0.478 e. The van der Waals surface area contributed by atoms with Gasteiger partial charge >= 0.3 is 5.97 Å². The molecule has 31 heavy (non-hydrogen) atoms. The molecule has 0 spiro atoms. The van der Waals surface area contributed by atoms with Gasteiger partial charge in [-0.25, -0.2) is 17.2 Å². The number of rotatable bonds is 6. The maximum absolute atomic E-state index is 13.2. The van der Waals surface area contributed by atoms with E-state index < -0.39 is 21.9 Å². The Bertz CT molecular complexity index is 1390. The van der Waals surface area contributed by atoms with Crippen molar-refractivity contribution in [1.29, 1.82) is 0 Å². The van der Waals surface area contributed by atoms with Crippen molar-refractivity contribution in [3.8, 4) is 0 Å². The number of benzene rings is 3. The second-order valence-electron chi connectivity index (χ2n) is 6.86. The van der Waals surface area contributed by atoms with Gasteiger partial charge in [-0.1, -0.05) is 42.5 Å². The number of carbonyl (C=O) groups excluding carboxylic acids is 1. The Balaban J connectivity index is 1.65. The molecule has 4 rings (SSSR count). The van der Waals surface area contributed by atoms with Crippen LogP contribution in [0.4, 0.5) is 0 Å². The Morgan fingerprint density at radius 3 is 2.39 bits per heavy atom. The van der Waals surface area contributed by atoms with Crippen molar-refractivity contribution >= 4 is 32.8 Å². The van der Waals surface area contributed by atoms with Gasteiger partial charge in [-0.2, -0.15) is 0 Å². The zero-order valence-corrected chi connectivity index (χ0v) is 17.0. The first kappa shape index (κ1) is 20.4. The van der Waals surface area contributed by atoms with E-state index in [2.05, 4.69) is 5.32 Å². The molecule has 4 aromatic rings. The third kappa shape index (κ3) is 3.93. The Labute approximate surface area is 178 Å². The van der Waals surface area contributed by atoms with Crippen LogP contribution in [-0.4, -0.2) is 29.4 Å². The lowest BCUT2D eigenvalue weighted by atomic mass is 10.1. The van der Waals surface area contributed by atoms with E-state index in [-0.39, 0.29) is 21.5 Å². The van der Waals surface area contributed by atoms with Crippen molar-refractivity contribution in [2.24, 2.45) is 0 Å². The van der Waals surface area contributed by atoms with Crippen LogP contribution in [0.3, 0.4) is 0 Å². The molecule has 0 atom stereocenters. The number of nitrogens with zero attached hydrogens (tertiary/aromatic N) is 1. The quantitative estimate of drug-likeness (QED) is 0.483. The first-order chi connectivity index (χ1) is 14.9. The van der Waals surface area contributed by atoms with Crippen LogP contribution in [0.5, 0.6) is 0 Å². The molecule has 0 aliphatic carbocycles. The van der Waals surface area contributed by atoms with Gasteiger partial charge in [0.2, 0.25) is 0 Å². The van der Waals surface area contributed by atoms with E-state index in [1.807, 2.05) is 30.3 Å². The standard InChI is InChI=1S/C23H18N2O5S/c26-22(24-15-16-6-2-1-3-7-16)17-8-4-9-18(14-17)31(29,30)25-13-12-19-20(23(27)28)10-5-11-21(19)25/h1-14H,15H2,(H,24,26)(H,27,28). The van der Waals surface area contributed by atoms with Crippen LogP contribution in [0.1, 0.15) is 26.3 Å². The average Bonchev–Trinajstić information content (AvgIpc) is 3.23. The normalized spacial score (nSPS) is 11.4. The van der Waals surface area contributed by atoms with Gasteiger partial charge in [-0.3, -0.25) is 4.79 Å². The Morgan fingerprint density at radius 2 is 1.65 bits per heavy atom. The molecule has 2 N–H and O–H groups in total. The highest BCUT2D eigenvalue weighted by atomic mass is 32.2. The zero-order chi connectivity index (χ0) is 22.0. The van der Waals surface area contributed by atoms with Gasteiger partial charge in [0, 0.05) is 23.7 Å². The van der Waals surface area contributed by atoms with Gasteiger partial charge in [-0.15, -0.1) is 0 Å². The van der Waals surface area contributed by atoms with E-state index in [4.69, 9.17) is 0 Å². The molecule has 0 aliphatic rings. The summed E-state index contributed by atoms with van der Waals surface area (Å²) in [5.41, 5.74) is 1.40. The highest BCUT2D eigenvalue weighted by Crippen LogP contribution is 2.25. The fourth-order valence-corrected chi connectivity index (χ4v) is 4.72. The second kappa shape index (κ2) is 8.08. The molecule has 0 radical (unpaired) electrons. The molecule has 0 unspecified atom stereocenters. The minimum absolute atomic E-state index is 0.0143. The molecule has 7 nitrogen and oxygen atoms in total. The Kier molecular flexibility index (Phi) is 5.31. The molecule has 0 aliphatic heterocycles. The molecule has 1 heterocycles. The van der Waals surface area contributed by atoms with Gasteiger partial charge in [-0.05, 0) is 42.0 Å². The number of fused-ring (bicyclic) bond motifs is 1. The molecule has 1 aromatic heterocycles. The predicted molar refractivity (Wildman–Crippen MR) is 116 cm³/mol. The largest absolute Gasteiger partial charge is 0.478 e. The average molecular weight is 434 g/mol. The van der Waals surface area contributed by atoms with Crippen molar-refractivity contribution in [2.45, 2.75) is 11.4 Å². The molecule has 0 saturated heterocycles. The number of hydrogen-bond donors (Lipinski definition) is 2. The van der Waals surface area contributed by atoms with E-state index in [0.29, 0.717) is 11.9 Å². The first-order valence-electron chi connectivity index (χ1n) is 9.39. The second-order valence-corrected chi connectivity index (χ2v) is 8.67. The number of carboxylic acids is 1. The maximum atomic E-state index is 13.2. The molecule has 156 valence electrons. The SMILES string of the molecule is O=C(NCc1ccccc1)c1cccc(S(=O)(=O)n2ccc3c(C(=O)O)cccc32)c1. The van der Waals surface area contributed by atoms with E-state index >= 15 is 0 Å². The van der Waals surface area contributed by atoms with E-state index in [9.17, 15) is 23.1 Å². The van der Waals surface area contributed by atoms with Crippen LogP contribution in [0.25, 0.3) is 10.9 Å². The van der Waals surface area contributed by atoms with Crippen molar-refractivity contribution in [3.63, 3.8) is 0 Å². The smallest absolute Gasteiger partial charge is 0.336 e. The highest BCUT2D eigenvalue weighted by molar-refractivity contribution is 7.90. The molecule has 0 bridgehead atoms. The van der Waals surface area contributed by atoms with Crippen LogP contribution in [0, 0.1) is 0 Å². The summed E-state index contributed by atoms with van der Waals surface area (Å²) in [6.45, 7) is 0.316. The summed E-state index contributed by atoms with van der Waals surface area (Å²) >= 11 is 0. The van der Waals surface area contributed by atoms with Gasteiger partial charge in [0.25, 0.3) is 15.9 Å². The predicted octanol–water partition coefficient (Wildman–Crippen LogP) is 3.51. The van der Waals surface area contributed by atoms with Gasteiger partial charge < -0.3 is 10.4 Å². The summed E-state index contributed by atoms with van der Waals surface area (Å²) in [5, 5.41) is 12.4. The molecular formula is C23H18N2O5S. The van der Waals surface area contributed by atoms with E-state index in [0.717, 1.165) is 9.54 Å². The van der Waals surface area contributed by atoms with Crippen molar-refractivity contribution in [3.05, 3.63) is 102 Å². The molecule has 0 saturated carbocycles. The van der Waals surface area contributed by atoms with Gasteiger partial charge in [0.1, 0.15) is 0 Å². The molecule has 8 heteroatoms. The van der Waals surface area contributed by atoms with Gasteiger partial charge in [0.15, 0.2) is 0 Å². The minimum atomic E-state index is -4.04. The number of amides is 1. The van der Waals surface area contributed by atoms with Crippen molar-refractivity contribution < 1.29 is 23.1 Å². The van der Waals surface area contributed by atoms with Crippen LogP contribution in [-0.2, 0) is 16.6 Å². The van der Waals surface area contributed by atoms with Gasteiger partial charge in [0.05, 0.1) is 16.0 Å². The lowest BCUT2D eigenvalue weighted by molar-refractivity contribution is 0.0698. The van der Waals surface area contributed by atoms with E-state index in [1.54, 1.807) is 0 Å². The number of aromatic carboxylic acids is 1. The lowest BCUT2D eigenvalue weighted by Crippen LogP contribution is -2.23. The summed E-state index contributed by atoms with van der Waals surface area (Å²) in [6, 6.07) is 21.0. The van der Waals surface area contributed by atoms with Crippen LogP contribution < -0.4 is 5.32 Å². The Morgan fingerprint density at radius 1 is 0.903 bits per heavy atom. The van der Waals surface area contributed by atoms with E-state index in [1.165, 1.54) is 54.7 Å². The number of hydrogen-bond acceptors (Lipinski definition) is 4. The Hall–Kier alpha value is -3.91. The van der Waals surface area contributed by atoms with Crippen molar-refractivity contribution in [2.75, 3.05) is 0 Å². The van der Waals surface area contributed by atoms with Crippen LogP contribution in [0.2, 0.25) is 0 Å². The third-order valence-corrected chi connectivity index (χ3v) is 6.56. The van der Waals surface area contributed by atoms with Crippen molar-refractivity contribution in [1.82, 2.24) is 9.29 Å². The number of aromatic nitrogens is 1. The fourth-order valence-electron chi connectivity index (χ4n) is 3.33. The number of carboxylic acid groups (broad SMARTS) is 1. The summed E-state index contributed by atoms with van der Waals surface area (Å²) < 4.78 is 27.5. The molecule has 0 fully saturated rings.